The zero-order valence-corrected chi connectivity index (χ0v) is 16.7. The molecular formula is C22H25N5O3. The van der Waals surface area contributed by atoms with Gasteiger partial charge < -0.3 is 19.5 Å². The lowest BCUT2D eigenvalue weighted by Gasteiger charge is -2.36. The van der Waals surface area contributed by atoms with Crippen molar-refractivity contribution in [2.24, 2.45) is 0 Å². The average molecular weight is 407 g/mol. The number of nitrogens with zero attached hydrogens (tertiary/aromatic N) is 4. The maximum atomic E-state index is 12.2. The first-order valence-corrected chi connectivity index (χ1v) is 10.1. The zero-order valence-electron chi connectivity index (χ0n) is 16.7. The lowest BCUT2D eigenvalue weighted by atomic mass is 10.2. The molecule has 0 saturated carbocycles. The van der Waals surface area contributed by atoms with Crippen LogP contribution in [-0.2, 0) is 17.8 Å². The summed E-state index contributed by atoms with van der Waals surface area (Å²) in [5.41, 5.74) is 0.921. The van der Waals surface area contributed by atoms with Crippen molar-refractivity contribution < 1.29 is 9.21 Å². The van der Waals surface area contributed by atoms with E-state index in [9.17, 15) is 9.59 Å². The number of amides is 1. The average Bonchev–Trinajstić information content (AvgIpc) is 3.30. The van der Waals surface area contributed by atoms with E-state index < -0.39 is 0 Å². The van der Waals surface area contributed by atoms with E-state index >= 15 is 0 Å². The van der Waals surface area contributed by atoms with Gasteiger partial charge in [-0.25, -0.2) is 4.68 Å². The van der Waals surface area contributed by atoms with Crippen LogP contribution in [0.2, 0.25) is 0 Å². The fourth-order valence-corrected chi connectivity index (χ4v) is 3.52. The molecule has 0 bridgehead atoms. The van der Waals surface area contributed by atoms with Crippen LogP contribution in [0.1, 0.15) is 5.76 Å². The van der Waals surface area contributed by atoms with Crippen LogP contribution in [0.5, 0.6) is 0 Å². The van der Waals surface area contributed by atoms with E-state index in [2.05, 4.69) is 32.3 Å². The fraction of sp³-hybridized carbons (Fsp3) is 0.318. The van der Waals surface area contributed by atoms with Gasteiger partial charge in [0.1, 0.15) is 18.1 Å². The smallest absolute Gasteiger partial charge is 0.267 e. The molecule has 8 nitrogen and oxygen atoms in total. The second-order valence-electron chi connectivity index (χ2n) is 7.18. The maximum absolute atomic E-state index is 12.2. The summed E-state index contributed by atoms with van der Waals surface area (Å²) in [6.45, 7) is 3.69. The number of para-hydroxylation sites is 1. The van der Waals surface area contributed by atoms with Crippen LogP contribution in [0, 0.1) is 0 Å². The number of carbonyl (C=O) groups is 1. The van der Waals surface area contributed by atoms with Crippen molar-refractivity contribution in [1.82, 2.24) is 15.1 Å². The molecular weight excluding hydrogens is 382 g/mol. The summed E-state index contributed by atoms with van der Waals surface area (Å²) in [6, 6.07) is 17.2. The lowest BCUT2D eigenvalue weighted by Crippen LogP contribution is -2.47. The standard InChI is InChI=1S/C22H25N5O3/c28-21(23-11-10-19-7-4-16-30-19)17-27-22(29)9-8-20(24-27)26-14-12-25(13-15-26)18-5-2-1-3-6-18/h1-9,16H,10-15,17H2,(H,23,28). The van der Waals surface area contributed by atoms with Crippen LogP contribution in [0.25, 0.3) is 0 Å². The van der Waals surface area contributed by atoms with Gasteiger partial charge >= 0.3 is 0 Å². The summed E-state index contributed by atoms with van der Waals surface area (Å²) in [6.07, 6.45) is 2.21. The predicted molar refractivity (Wildman–Crippen MR) is 115 cm³/mol. The molecule has 0 radical (unpaired) electrons. The van der Waals surface area contributed by atoms with Crippen molar-refractivity contribution in [3.63, 3.8) is 0 Å². The summed E-state index contributed by atoms with van der Waals surface area (Å²) in [7, 11) is 0. The molecule has 0 spiro atoms. The fourth-order valence-electron chi connectivity index (χ4n) is 3.52. The van der Waals surface area contributed by atoms with Gasteiger partial charge in [0, 0.05) is 50.9 Å². The summed E-state index contributed by atoms with van der Waals surface area (Å²) in [4.78, 5) is 28.9. The van der Waals surface area contributed by atoms with Crippen LogP contribution < -0.4 is 20.7 Å². The number of hydrogen-bond acceptors (Lipinski definition) is 6. The van der Waals surface area contributed by atoms with Crippen LogP contribution >= 0.6 is 0 Å². The van der Waals surface area contributed by atoms with Gasteiger partial charge in [0.15, 0.2) is 0 Å². The molecule has 1 N–H and O–H groups in total. The first-order chi connectivity index (χ1) is 14.7. The number of nitrogens with one attached hydrogen (secondary N) is 1. The Hall–Kier alpha value is -3.55. The Morgan fingerprint density at radius 3 is 2.47 bits per heavy atom. The van der Waals surface area contributed by atoms with E-state index in [-0.39, 0.29) is 18.0 Å². The van der Waals surface area contributed by atoms with E-state index in [0.717, 1.165) is 31.9 Å². The molecule has 4 rings (SSSR count). The highest BCUT2D eigenvalue weighted by molar-refractivity contribution is 5.75. The Kier molecular flexibility index (Phi) is 6.12. The Bertz CT molecular complexity index is 1010. The van der Waals surface area contributed by atoms with E-state index in [1.54, 1.807) is 12.3 Å². The van der Waals surface area contributed by atoms with Gasteiger partial charge in [-0.15, -0.1) is 0 Å². The summed E-state index contributed by atoms with van der Waals surface area (Å²) in [5, 5.41) is 7.22. The third-order valence-corrected chi connectivity index (χ3v) is 5.14. The van der Waals surface area contributed by atoms with Crippen molar-refractivity contribution in [1.29, 1.82) is 0 Å². The Morgan fingerprint density at radius 1 is 0.967 bits per heavy atom. The van der Waals surface area contributed by atoms with Crippen LogP contribution in [-0.4, -0.2) is 48.4 Å². The Balaban J connectivity index is 1.33. The molecule has 0 unspecified atom stereocenters. The van der Waals surface area contributed by atoms with Crippen molar-refractivity contribution in [2.75, 3.05) is 42.5 Å². The molecule has 3 heterocycles. The molecule has 1 aliphatic heterocycles. The molecule has 1 saturated heterocycles. The second-order valence-corrected chi connectivity index (χ2v) is 7.18. The minimum Gasteiger partial charge on any atom is -0.469 e. The number of benzene rings is 1. The van der Waals surface area contributed by atoms with E-state index in [0.29, 0.717) is 18.8 Å². The number of rotatable bonds is 7. The highest BCUT2D eigenvalue weighted by Crippen LogP contribution is 2.18. The number of hydrogen-bond donors (Lipinski definition) is 1. The minimum atomic E-state index is -0.289. The molecule has 0 aliphatic carbocycles. The second kappa shape index (κ2) is 9.30. The summed E-state index contributed by atoms with van der Waals surface area (Å²) < 4.78 is 6.47. The largest absolute Gasteiger partial charge is 0.469 e. The summed E-state index contributed by atoms with van der Waals surface area (Å²) in [5.74, 6) is 1.27. The molecule has 1 amide bonds. The highest BCUT2D eigenvalue weighted by atomic mass is 16.3. The zero-order chi connectivity index (χ0) is 20.8. The summed E-state index contributed by atoms with van der Waals surface area (Å²) >= 11 is 0. The van der Waals surface area contributed by atoms with Gasteiger partial charge in [0.2, 0.25) is 5.91 Å². The lowest BCUT2D eigenvalue weighted by molar-refractivity contribution is -0.121. The van der Waals surface area contributed by atoms with Crippen molar-refractivity contribution in [3.05, 3.63) is 77.0 Å². The van der Waals surface area contributed by atoms with Gasteiger partial charge in [-0.05, 0) is 30.3 Å². The normalized spacial score (nSPS) is 14.0. The number of furan rings is 1. The van der Waals surface area contributed by atoms with E-state index in [1.807, 2.05) is 30.3 Å². The minimum absolute atomic E-state index is 0.102. The van der Waals surface area contributed by atoms with Crippen molar-refractivity contribution >= 4 is 17.4 Å². The molecule has 1 aromatic carbocycles. The first kappa shape index (κ1) is 19.8. The van der Waals surface area contributed by atoms with Gasteiger partial charge in [-0.2, -0.15) is 5.10 Å². The monoisotopic (exact) mass is 407 g/mol. The molecule has 1 fully saturated rings. The SMILES string of the molecule is O=C(Cn1nc(N2CCN(c3ccccc3)CC2)ccc1=O)NCCc1ccco1. The first-order valence-electron chi connectivity index (χ1n) is 10.1. The third kappa shape index (κ3) is 4.89. The van der Waals surface area contributed by atoms with Gasteiger partial charge in [0.05, 0.1) is 6.26 Å². The molecule has 2 aromatic heterocycles. The molecule has 8 heteroatoms. The number of aromatic nitrogens is 2. The Morgan fingerprint density at radius 2 is 1.73 bits per heavy atom. The predicted octanol–water partition coefficient (Wildman–Crippen LogP) is 1.52. The number of anilines is 2. The van der Waals surface area contributed by atoms with Gasteiger partial charge in [-0.1, -0.05) is 18.2 Å². The Labute approximate surface area is 174 Å². The van der Waals surface area contributed by atoms with Crippen LogP contribution in [0.4, 0.5) is 11.5 Å². The van der Waals surface area contributed by atoms with Crippen molar-refractivity contribution in [3.8, 4) is 0 Å². The molecule has 3 aromatic rings. The van der Waals surface area contributed by atoms with Crippen molar-refractivity contribution in [2.45, 2.75) is 13.0 Å². The van der Waals surface area contributed by atoms with Crippen LogP contribution in [0.15, 0.2) is 70.1 Å². The molecule has 0 atom stereocenters. The van der Waals surface area contributed by atoms with Crippen LogP contribution in [0.3, 0.4) is 0 Å². The highest BCUT2D eigenvalue weighted by Gasteiger charge is 2.19. The molecule has 30 heavy (non-hydrogen) atoms. The van der Waals surface area contributed by atoms with Gasteiger partial charge in [-0.3, -0.25) is 9.59 Å². The quantitative estimate of drug-likeness (QED) is 0.639. The topological polar surface area (TPSA) is 83.6 Å². The molecule has 156 valence electrons. The van der Waals surface area contributed by atoms with Gasteiger partial charge in [0.25, 0.3) is 5.56 Å². The third-order valence-electron chi connectivity index (χ3n) is 5.14. The maximum Gasteiger partial charge on any atom is 0.267 e. The number of carbonyl (C=O) groups excluding carboxylic acids is 1. The number of piperazine rings is 1. The van der Waals surface area contributed by atoms with E-state index in [1.165, 1.54) is 16.4 Å². The van der Waals surface area contributed by atoms with E-state index in [4.69, 9.17) is 4.42 Å². The molecule has 1 aliphatic rings.